The lowest BCUT2D eigenvalue weighted by Gasteiger charge is -2.04. The van der Waals surface area contributed by atoms with Gasteiger partial charge >= 0.3 is 0 Å². The zero-order valence-corrected chi connectivity index (χ0v) is 10.0. The van der Waals surface area contributed by atoms with Gasteiger partial charge in [-0.15, -0.1) is 0 Å². The molecule has 3 rings (SSSR count). The van der Waals surface area contributed by atoms with Gasteiger partial charge < -0.3 is 10.5 Å². The average molecular weight is 229 g/mol. The molecular formula is C13H15N3O. The maximum Gasteiger partial charge on any atom is 0.153 e. The van der Waals surface area contributed by atoms with Crippen LogP contribution in [-0.2, 0) is 13.5 Å². The predicted molar refractivity (Wildman–Crippen MR) is 67.0 cm³/mol. The molecule has 88 valence electrons. The topological polar surface area (TPSA) is 53.1 Å². The number of hydrogen-bond donors (Lipinski definition) is 1. The van der Waals surface area contributed by atoms with Crippen LogP contribution in [0.15, 0.2) is 18.2 Å². The van der Waals surface area contributed by atoms with Crippen LogP contribution in [0.4, 0.5) is 5.82 Å². The van der Waals surface area contributed by atoms with Crippen LogP contribution < -0.4 is 10.5 Å². The molecule has 0 saturated heterocycles. The summed E-state index contributed by atoms with van der Waals surface area (Å²) in [5.74, 6) is 1.58. The van der Waals surface area contributed by atoms with Crippen molar-refractivity contribution in [3.8, 4) is 16.9 Å². The summed E-state index contributed by atoms with van der Waals surface area (Å²) >= 11 is 0. The molecule has 0 fully saturated rings. The minimum atomic E-state index is 0.587. The Morgan fingerprint density at radius 2 is 2.24 bits per heavy atom. The van der Waals surface area contributed by atoms with Gasteiger partial charge in [-0.3, -0.25) is 4.68 Å². The van der Waals surface area contributed by atoms with Crippen LogP contribution in [0.3, 0.4) is 0 Å². The van der Waals surface area contributed by atoms with Crippen molar-refractivity contribution in [3.63, 3.8) is 0 Å². The van der Waals surface area contributed by atoms with Gasteiger partial charge in [0.2, 0.25) is 0 Å². The smallest absolute Gasteiger partial charge is 0.153 e. The lowest BCUT2D eigenvalue weighted by atomic mass is 10.0. The molecule has 0 saturated carbocycles. The number of benzene rings is 1. The van der Waals surface area contributed by atoms with Gasteiger partial charge in [0.05, 0.1) is 6.61 Å². The van der Waals surface area contributed by atoms with Gasteiger partial charge in [-0.25, -0.2) is 0 Å². The van der Waals surface area contributed by atoms with Gasteiger partial charge in [-0.1, -0.05) is 6.07 Å². The Bertz CT molecular complexity index is 587. The Morgan fingerprint density at radius 1 is 1.41 bits per heavy atom. The summed E-state index contributed by atoms with van der Waals surface area (Å²) < 4.78 is 7.32. The van der Waals surface area contributed by atoms with E-state index in [0.29, 0.717) is 5.82 Å². The summed E-state index contributed by atoms with van der Waals surface area (Å²) in [4.78, 5) is 0. The molecule has 1 aromatic heterocycles. The number of rotatable bonds is 1. The summed E-state index contributed by atoms with van der Waals surface area (Å²) in [5.41, 5.74) is 10.4. The molecule has 0 spiro atoms. The molecule has 2 aromatic rings. The van der Waals surface area contributed by atoms with Crippen molar-refractivity contribution in [2.45, 2.75) is 13.3 Å². The number of aromatic nitrogens is 2. The van der Waals surface area contributed by atoms with E-state index in [9.17, 15) is 0 Å². The van der Waals surface area contributed by atoms with Crippen molar-refractivity contribution in [1.82, 2.24) is 9.78 Å². The van der Waals surface area contributed by atoms with E-state index < -0.39 is 0 Å². The second kappa shape index (κ2) is 3.52. The minimum Gasteiger partial charge on any atom is -0.493 e. The van der Waals surface area contributed by atoms with Crippen molar-refractivity contribution in [2.75, 3.05) is 12.3 Å². The number of nitrogen functional groups attached to an aromatic ring is 1. The monoisotopic (exact) mass is 229 g/mol. The summed E-state index contributed by atoms with van der Waals surface area (Å²) in [6, 6.07) is 6.22. The SMILES string of the molecule is Cc1c(-c2ccc3c(c2)CCO3)c(N)nn1C. The number of hydrogen-bond acceptors (Lipinski definition) is 3. The lowest BCUT2D eigenvalue weighted by molar-refractivity contribution is 0.357. The Balaban J connectivity index is 2.15. The summed E-state index contributed by atoms with van der Waals surface area (Å²) in [6.45, 7) is 2.81. The molecule has 0 aliphatic carbocycles. The van der Waals surface area contributed by atoms with Gasteiger partial charge in [-0.2, -0.15) is 5.10 Å². The van der Waals surface area contributed by atoms with Crippen molar-refractivity contribution >= 4 is 5.82 Å². The lowest BCUT2D eigenvalue weighted by Crippen LogP contribution is -1.93. The molecule has 4 heteroatoms. The van der Waals surface area contributed by atoms with Crippen molar-refractivity contribution in [3.05, 3.63) is 29.5 Å². The molecule has 1 aliphatic heterocycles. The van der Waals surface area contributed by atoms with Crippen molar-refractivity contribution in [2.24, 2.45) is 7.05 Å². The first-order chi connectivity index (χ1) is 8.16. The first kappa shape index (κ1) is 10.2. The summed E-state index contributed by atoms with van der Waals surface area (Å²) in [5, 5.41) is 4.24. The zero-order valence-electron chi connectivity index (χ0n) is 10.0. The van der Waals surface area contributed by atoms with Crippen LogP contribution in [0.2, 0.25) is 0 Å². The Morgan fingerprint density at radius 3 is 2.94 bits per heavy atom. The minimum absolute atomic E-state index is 0.587. The number of fused-ring (bicyclic) bond motifs is 1. The molecular weight excluding hydrogens is 214 g/mol. The predicted octanol–water partition coefficient (Wildman–Crippen LogP) is 1.91. The van der Waals surface area contributed by atoms with E-state index in [1.807, 2.05) is 30.8 Å². The highest BCUT2D eigenvalue weighted by Gasteiger charge is 2.16. The molecule has 17 heavy (non-hydrogen) atoms. The summed E-state index contributed by atoms with van der Waals surface area (Å²) in [7, 11) is 1.91. The zero-order chi connectivity index (χ0) is 12.0. The highest BCUT2D eigenvalue weighted by atomic mass is 16.5. The average Bonchev–Trinajstić information content (AvgIpc) is 2.84. The standard InChI is InChI=1S/C13H15N3O/c1-8-12(13(14)15-16(8)2)10-3-4-11-9(7-10)5-6-17-11/h3-4,7H,5-6H2,1-2H3,(H2,14,15). The van der Waals surface area contributed by atoms with Gasteiger partial charge in [0.25, 0.3) is 0 Å². The highest BCUT2D eigenvalue weighted by Crippen LogP contribution is 2.34. The first-order valence-electron chi connectivity index (χ1n) is 5.72. The number of aryl methyl sites for hydroxylation is 1. The third kappa shape index (κ3) is 1.48. The fourth-order valence-corrected chi connectivity index (χ4v) is 2.33. The van der Waals surface area contributed by atoms with Gasteiger partial charge in [0.15, 0.2) is 5.82 Å². The molecule has 4 nitrogen and oxygen atoms in total. The van der Waals surface area contributed by atoms with Crippen LogP contribution in [0.25, 0.3) is 11.1 Å². The second-order valence-electron chi connectivity index (χ2n) is 4.39. The van der Waals surface area contributed by atoms with E-state index in [1.54, 1.807) is 0 Å². The number of nitrogens with two attached hydrogens (primary N) is 1. The van der Waals surface area contributed by atoms with Gasteiger partial charge in [-0.05, 0) is 30.2 Å². The highest BCUT2D eigenvalue weighted by molar-refractivity contribution is 5.77. The Kier molecular flexibility index (Phi) is 2.11. The third-order valence-electron chi connectivity index (χ3n) is 3.34. The fourth-order valence-electron chi connectivity index (χ4n) is 2.33. The van der Waals surface area contributed by atoms with Crippen LogP contribution >= 0.6 is 0 Å². The van der Waals surface area contributed by atoms with Crippen LogP contribution in [0.5, 0.6) is 5.75 Å². The quantitative estimate of drug-likeness (QED) is 0.812. The molecule has 0 unspecified atom stereocenters. The van der Waals surface area contributed by atoms with E-state index in [4.69, 9.17) is 10.5 Å². The van der Waals surface area contributed by atoms with Crippen molar-refractivity contribution < 1.29 is 4.74 Å². The molecule has 1 aliphatic rings. The molecule has 1 aromatic carbocycles. The largest absolute Gasteiger partial charge is 0.493 e. The molecule has 0 bridgehead atoms. The summed E-state index contributed by atoms with van der Waals surface area (Å²) in [6.07, 6.45) is 0.975. The maximum absolute atomic E-state index is 5.96. The molecule has 0 atom stereocenters. The Labute approximate surface area is 100 Å². The second-order valence-corrected chi connectivity index (χ2v) is 4.39. The van der Waals surface area contributed by atoms with Crippen LogP contribution in [0.1, 0.15) is 11.3 Å². The fraction of sp³-hybridized carbons (Fsp3) is 0.308. The number of nitrogens with zero attached hydrogens (tertiary/aromatic N) is 2. The third-order valence-corrected chi connectivity index (χ3v) is 3.34. The van der Waals surface area contributed by atoms with E-state index >= 15 is 0 Å². The van der Waals surface area contributed by atoms with E-state index in [1.165, 1.54) is 5.56 Å². The maximum atomic E-state index is 5.96. The normalized spacial score (nSPS) is 13.5. The van der Waals surface area contributed by atoms with E-state index in [-0.39, 0.29) is 0 Å². The molecule has 2 heterocycles. The first-order valence-corrected chi connectivity index (χ1v) is 5.72. The molecule has 2 N–H and O–H groups in total. The Hall–Kier alpha value is -1.97. The van der Waals surface area contributed by atoms with Crippen LogP contribution in [0, 0.1) is 6.92 Å². The number of anilines is 1. The van der Waals surface area contributed by atoms with E-state index in [0.717, 1.165) is 35.6 Å². The van der Waals surface area contributed by atoms with Crippen molar-refractivity contribution in [1.29, 1.82) is 0 Å². The van der Waals surface area contributed by atoms with Gasteiger partial charge in [0, 0.05) is 24.7 Å². The number of ether oxygens (including phenoxy) is 1. The molecule has 0 radical (unpaired) electrons. The van der Waals surface area contributed by atoms with Crippen LogP contribution in [-0.4, -0.2) is 16.4 Å². The molecule has 0 amide bonds. The van der Waals surface area contributed by atoms with E-state index in [2.05, 4.69) is 11.2 Å². The van der Waals surface area contributed by atoms with Gasteiger partial charge in [0.1, 0.15) is 5.75 Å².